The third-order valence-corrected chi connectivity index (χ3v) is 6.41. The Morgan fingerprint density at radius 2 is 1.78 bits per heavy atom. The number of hydrogen-bond acceptors (Lipinski definition) is 5. The lowest BCUT2D eigenvalue weighted by molar-refractivity contribution is -0.117. The molecule has 1 saturated heterocycles. The first-order valence-electron chi connectivity index (χ1n) is 11.5. The van der Waals surface area contributed by atoms with Gasteiger partial charge < -0.3 is 5.32 Å². The normalized spacial score (nSPS) is 16.8. The average molecular weight is 431 g/mol. The zero-order valence-electron chi connectivity index (χ0n) is 18.6. The lowest BCUT2D eigenvalue weighted by atomic mass is 10.0. The summed E-state index contributed by atoms with van der Waals surface area (Å²) in [4.78, 5) is 17.5. The maximum Gasteiger partial charge on any atom is 0.238 e. The van der Waals surface area contributed by atoms with Crippen LogP contribution in [0.2, 0.25) is 0 Å². The summed E-state index contributed by atoms with van der Waals surface area (Å²) in [6, 6.07) is 16.8. The van der Waals surface area contributed by atoms with Gasteiger partial charge in [0.05, 0.1) is 12.2 Å². The molecule has 0 radical (unpaired) electrons. The van der Waals surface area contributed by atoms with Crippen molar-refractivity contribution in [3.8, 4) is 5.69 Å². The Labute approximate surface area is 189 Å². The second kappa shape index (κ2) is 9.22. The van der Waals surface area contributed by atoms with Crippen molar-refractivity contribution in [2.75, 3.05) is 38.0 Å². The smallest absolute Gasteiger partial charge is 0.238 e. The summed E-state index contributed by atoms with van der Waals surface area (Å²) >= 11 is 0. The van der Waals surface area contributed by atoms with E-state index in [2.05, 4.69) is 72.3 Å². The molecule has 0 bridgehead atoms. The molecule has 2 aliphatic heterocycles. The van der Waals surface area contributed by atoms with Gasteiger partial charge in [-0.15, -0.1) is 10.2 Å². The van der Waals surface area contributed by atoms with Crippen LogP contribution in [-0.2, 0) is 24.2 Å². The first-order valence-corrected chi connectivity index (χ1v) is 11.5. The van der Waals surface area contributed by atoms with E-state index in [1.165, 1.54) is 11.1 Å². The topological polar surface area (TPSA) is 66.3 Å². The first-order chi connectivity index (χ1) is 15.7. The first kappa shape index (κ1) is 20.8. The summed E-state index contributed by atoms with van der Waals surface area (Å²) in [5.74, 6) is 1.97. The molecule has 2 aliphatic rings. The molecule has 0 unspecified atom stereocenters. The van der Waals surface area contributed by atoms with Crippen LogP contribution >= 0.6 is 0 Å². The molecule has 0 spiro atoms. The lowest BCUT2D eigenvalue weighted by Gasteiger charge is -2.22. The second-order valence-electron chi connectivity index (χ2n) is 8.78. The summed E-state index contributed by atoms with van der Waals surface area (Å²) in [6.07, 6.45) is 2.87. The Morgan fingerprint density at radius 1 is 0.969 bits per heavy atom. The Balaban J connectivity index is 1.16. The number of aromatic nitrogens is 3. The van der Waals surface area contributed by atoms with Crippen LogP contribution in [0, 0.1) is 6.92 Å². The monoisotopic (exact) mass is 430 g/mol. The molecule has 1 N–H and O–H groups in total. The van der Waals surface area contributed by atoms with E-state index in [0.717, 1.165) is 75.0 Å². The van der Waals surface area contributed by atoms with Crippen LogP contribution in [0.3, 0.4) is 0 Å². The summed E-state index contributed by atoms with van der Waals surface area (Å²) in [6.45, 7) is 7.32. The van der Waals surface area contributed by atoms with Gasteiger partial charge >= 0.3 is 0 Å². The molecule has 166 valence electrons. The Hall–Kier alpha value is -3.03. The minimum atomic E-state index is 0.0541. The van der Waals surface area contributed by atoms with E-state index < -0.39 is 0 Å². The van der Waals surface area contributed by atoms with E-state index in [1.54, 1.807) is 0 Å². The second-order valence-corrected chi connectivity index (χ2v) is 8.78. The Morgan fingerprint density at radius 3 is 2.66 bits per heavy atom. The van der Waals surface area contributed by atoms with Gasteiger partial charge in [-0.2, -0.15) is 0 Å². The number of fused-ring (bicyclic) bond motifs is 3. The maximum absolute atomic E-state index is 12.8. The van der Waals surface area contributed by atoms with E-state index >= 15 is 0 Å². The van der Waals surface area contributed by atoms with Gasteiger partial charge in [0.1, 0.15) is 11.6 Å². The van der Waals surface area contributed by atoms with Gasteiger partial charge in [-0.1, -0.05) is 30.3 Å². The molecule has 5 rings (SSSR count). The van der Waals surface area contributed by atoms with E-state index in [-0.39, 0.29) is 5.91 Å². The molecule has 0 atom stereocenters. The zero-order valence-corrected chi connectivity index (χ0v) is 18.6. The zero-order chi connectivity index (χ0) is 21.9. The van der Waals surface area contributed by atoms with Gasteiger partial charge in [0.25, 0.3) is 0 Å². The number of carbonyl (C=O) groups is 1. The molecular weight excluding hydrogens is 400 g/mol. The van der Waals surface area contributed by atoms with Crippen molar-refractivity contribution in [1.82, 2.24) is 24.6 Å². The van der Waals surface area contributed by atoms with Gasteiger partial charge in [0, 0.05) is 31.7 Å². The number of hydrogen-bond donors (Lipinski definition) is 1. The largest absolute Gasteiger partial charge is 0.325 e. The molecule has 0 saturated carbocycles. The van der Waals surface area contributed by atoms with Crippen molar-refractivity contribution in [2.45, 2.75) is 32.7 Å². The van der Waals surface area contributed by atoms with Gasteiger partial charge in [-0.3, -0.25) is 19.2 Å². The van der Waals surface area contributed by atoms with E-state index in [9.17, 15) is 4.79 Å². The van der Waals surface area contributed by atoms with Gasteiger partial charge in [0.15, 0.2) is 0 Å². The number of carbonyl (C=O) groups excluding carboxylic acids is 1. The van der Waals surface area contributed by atoms with Crippen molar-refractivity contribution in [3.05, 3.63) is 71.3 Å². The third-order valence-electron chi connectivity index (χ3n) is 6.41. The summed E-state index contributed by atoms with van der Waals surface area (Å²) in [5.41, 5.74) is 4.56. The predicted molar refractivity (Wildman–Crippen MR) is 125 cm³/mol. The number of amides is 1. The van der Waals surface area contributed by atoms with Gasteiger partial charge in [0.2, 0.25) is 5.91 Å². The minimum Gasteiger partial charge on any atom is -0.325 e. The summed E-state index contributed by atoms with van der Waals surface area (Å²) in [7, 11) is 0. The number of anilines is 1. The predicted octanol–water partition coefficient (Wildman–Crippen LogP) is 2.82. The maximum atomic E-state index is 12.8. The van der Waals surface area contributed by atoms with Crippen molar-refractivity contribution < 1.29 is 4.79 Å². The highest BCUT2D eigenvalue weighted by molar-refractivity contribution is 5.92. The van der Waals surface area contributed by atoms with Crippen LogP contribution in [0.5, 0.6) is 0 Å². The highest BCUT2D eigenvalue weighted by atomic mass is 16.2. The van der Waals surface area contributed by atoms with Crippen molar-refractivity contribution >= 4 is 11.6 Å². The van der Waals surface area contributed by atoms with Crippen molar-refractivity contribution in [1.29, 1.82) is 0 Å². The molecule has 1 fully saturated rings. The molecule has 1 amide bonds. The Bertz CT molecular complexity index is 1090. The van der Waals surface area contributed by atoms with Crippen molar-refractivity contribution in [3.63, 3.8) is 0 Å². The molecule has 32 heavy (non-hydrogen) atoms. The van der Waals surface area contributed by atoms with Crippen LogP contribution in [0.15, 0.2) is 48.5 Å². The fourth-order valence-corrected chi connectivity index (χ4v) is 4.80. The number of benzene rings is 2. The minimum absolute atomic E-state index is 0.0541. The summed E-state index contributed by atoms with van der Waals surface area (Å²) in [5, 5.41) is 11.6. The van der Waals surface area contributed by atoms with Crippen LogP contribution in [0.1, 0.15) is 29.2 Å². The molecule has 3 heterocycles. The lowest BCUT2D eigenvalue weighted by Crippen LogP contribution is -2.36. The van der Waals surface area contributed by atoms with Crippen LogP contribution in [-0.4, -0.2) is 63.2 Å². The number of aryl methyl sites for hydroxylation is 3. The van der Waals surface area contributed by atoms with Gasteiger partial charge in [-0.05, 0) is 62.2 Å². The van der Waals surface area contributed by atoms with Crippen LogP contribution in [0.4, 0.5) is 5.69 Å². The Kier molecular flexibility index (Phi) is 6.01. The van der Waals surface area contributed by atoms with Crippen LogP contribution in [0.25, 0.3) is 5.69 Å². The molecule has 7 heteroatoms. The number of nitrogens with zero attached hydrogens (tertiary/aromatic N) is 5. The molecule has 2 aromatic carbocycles. The SMILES string of the molecule is Cc1nnc2n1-c1ccc(NC(=O)CN3CCCN(Cc4ccccc4)CC3)cc1CC2. The molecule has 3 aromatic rings. The highest BCUT2D eigenvalue weighted by Gasteiger charge is 2.21. The number of rotatable bonds is 5. The van der Waals surface area contributed by atoms with Gasteiger partial charge in [-0.25, -0.2) is 0 Å². The van der Waals surface area contributed by atoms with E-state index in [4.69, 9.17) is 0 Å². The fraction of sp³-hybridized carbons (Fsp3) is 0.400. The quantitative estimate of drug-likeness (QED) is 0.674. The third kappa shape index (κ3) is 4.59. The molecule has 1 aromatic heterocycles. The molecule has 7 nitrogen and oxygen atoms in total. The highest BCUT2D eigenvalue weighted by Crippen LogP contribution is 2.27. The molecule has 0 aliphatic carbocycles. The standard InChI is InChI=1S/C25H30N6O/c1-19-27-28-24-11-8-21-16-22(9-10-23(21)31(19)24)26-25(32)18-30-13-5-12-29(14-15-30)17-20-6-3-2-4-7-20/h2-4,6-7,9-10,16H,5,8,11-15,17-18H2,1H3,(H,26,32). The molecular formula is C25H30N6O. The average Bonchev–Trinajstić information content (AvgIpc) is 3.04. The van der Waals surface area contributed by atoms with Crippen molar-refractivity contribution in [2.24, 2.45) is 0 Å². The summed E-state index contributed by atoms with van der Waals surface area (Å²) < 4.78 is 2.11. The number of nitrogens with one attached hydrogen (secondary N) is 1. The van der Waals surface area contributed by atoms with E-state index in [0.29, 0.717) is 6.54 Å². The van der Waals surface area contributed by atoms with E-state index in [1.807, 2.05) is 13.0 Å². The van der Waals surface area contributed by atoms with Crippen LogP contribution < -0.4 is 5.32 Å². The fourth-order valence-electron chi connectivity index (χ4n) is 4.80.